The highest BCUT2D eigenvalue weighted by Gasteiger charge is 2.26. The van der Waals surface area contributed by atoms with Crippen LogP contribution in [-0.2, 0) is 4.79 Å². The van der Waals surface area contributed by atoms with Crippen LogP contribution in [0.4, 0.5) is 0 Å². The molecule has 3 rings (SSSR count). The Balaban J connectivity index is 0.000000288. The molecule has 1 aromatic carbocycles. The van der Waals surface area contributed by atoms with Crippen LogP contribution in [0.5, 0.6) is 0 Å². The predicted molar refractivity (Wildman–Crippen MR) is 138 cm³/mol. The molecule has 1 heterocycles. The summed E-state index contributed by atoms with van der Waals surface area (Å²) in [6.07, 6.45) is 15.5. The second-order valence-electron chi connectivity index (χ2n) is 9.12. The second kappa shape index (κ2) is 12.0. The van der Waals surface area contributed by atoms with E-state index in [-0.39, 0.29) is 11.0 Å². The van der Waals surface area contributed by atoms with Gasteiger partial charge in [-0.2, -0.15) is 0 Å². The zero-order chi connectivity index (χ0) is 24.4. The van der Waals surface area contributed by atoms with Crippen molar-refractivity contribution in [1.82, 2.24) is 0 Å². The summed E-state index contributed by atoms with van der Waals surface area (Å²) in [5.74, 6) is -0.412. The maximum Gasteiger partial charge on any atom is 0.336 e. The van der Waals surface area contributed by atoms with Crippen LogP contribution in [0.2, 0.25) is 0 Å². The topological polar surface area (TPSA) is 73.3 Å². The van der Waals surface area contributed by atoms with Crippen molar-refractivity contribution in [3.05, 3.63) is 106 Å². The molecule has 2 N–H and O–H groups in total. The summed E-state index contributed by atoms with van der Waals surface area (Å²) >= 11 is 0. The van der Waals surface area contributed by atoms with E-state index >= 15 is 0 Å². The molecular formula is C29H35NO3. The Labute approximate surface area is 196 Å². The number of carbonyl (C=O) groups excluding carboxylic acids is 1. The third kappa shape index (κ3) is 8.57. The van der Waals surface area contributed by atoms with Gasteiger partial charge in [0.25, 0.3) is 0 Å². The van der Waals surface area contributed by atoms with Crippen LogP contribution < -0.4 is 11.4 Å². The molecule has 0 atom stereocenters. The fourth-order valence-electron chi connectivity index (χ4n) is 3.92. The zero-order valence-corrected chi connectivity index (χ0v) is 20.4. The largest absolute Gasteiger partial charge is 0.423 e. The van der Waals surface area contributed by atoms with E-state index in [9.17, 15) is 9.59 Å². The van der Waals surface area contributed by atoms with Crippen molar-refractivity contribution in [3.63, 3.8) is 0 Å². The quantitative estimate of drug-likeness (QED) is 0.312. The predicted octanol–water partition coefficient (Wildman–Crippen LogP) is 6.80. The highest BCUT2D eigenvalue weighted by atomic mass is 16.4. The first-order valence-corrected chi connectivity index (χ1v) is 11.3. The zero-order valence-electron chi connectivity index (χ0n) is 20.4. The SMILES string of the molecule is CC1=C(/C=C/C(C)=C/C=C/C(C)=C/C(N)=O)C(C)(C)CCC1.O=c1ccc2ccccc2o1. The van der Waals surface area contributed by atoms with E-state index in [0.29, 0.717) is 5.58 Å². The number of hydrogen-bond acceptors (Lipinski definition) is 3. The lowest BCUT2D eigenvalue weighted by Gasteiger charge is -2.32. The smallest absolute Gasteiger partial charge is 0.336 e. The number of fused-ring (bicyclic) bond motifs is 1. The number of amides is 1. The monoisotopic (exact) mass is 445 g/mol. The highest BCUT2D eigenvalue weighted by Crippen LogP contribution is 2.40. The number of para-hydroxylation sites is 1. The second-order valence-corrected chi connectivity index (χ2v) is 9.12. The highest BCUT2D eigenvalue weighted by molar-refractivity contribution is 5.86. The molecule has 2 aromatic rings. The molecule has 0 bridgehead atoms. The maximum atomic E-state index is 10.8. The number of carbonyl (C=O) groups is 1. The van der Waals surface area contributed by atoms with Crippen LogP contribution in [-0.4, -0.2) is 5.91 Å². The molecule has 33 heavy (non-hydrogen) atoms. The molecule has 0 spiro atoms. The van der Waals surface area contributed by atoms with Crippen molar-refractivity contribution in [3.8, 4) is 0 Å². The Hall–Kier alpha value is -3.40. The van der Waals surface area contributed by atoms with Crippen molar-refractivity contribution in [2.45, 2.75) is 53.9 Å². The molecule has 4 nitrogen and oxygen atoms in total. The normalized spacial score (nSPS) is 16.9. The van der Waals surface area contributed by atoms with Crippen molar-refractivity contribution in [2.24, 2.45) is 11.1 Å². The van der Waals surface area contributed by atoms with Crippen LogP contribution in [0.15, 0.2) is 104 Å². The molecule has 0 fully saturated rings. The standard InChI is InChI=1S/C20H29NO.C9H6O2/c1-15(8-6-9-16(2)14-19(21)22)11-12-18-17(3)10-7-13-20(18,4)5;10-9-6-5-7-3-1-2-4-8(7)11-9/h6,8-9,11-12,14H,7,10,13H2,1-5H3,(H2,21,22);1-6H/b9-6+,12-11+,15-8+,16-14+;. The van der Waals surface area contributed by atoms with Crippen LogP contribution in [0, 0.1) is 5.41 Å². The summed E-state index contributed by atoms with van der Waals surface area (Å²) in [7, 11) is 0. The lowest BCUT2D eigenvalue weighted by molar-refractivity contribution is -0.113. The fourth-order valence-corrected chi connectivity index (χ4v) is 3.92. The van der Waals surface area contributed by atoms with E-state index in [1.807, 2.05) is 43.4 Å². The molecule has 1 aliphatic rings. The summed E-state index contributed by atoms with van der Waals surface area (Å²) in [5, 5.41) is 0.951. The molecule has 1 amide bonds. The molecule has 174 valence electrons. The molecule has 0 saturated carbocycles. The first-order chi connectivity index (χ1) is 15.6. The van der Waals surface area contributed by atoms with Gasteiger partial charge in [-0.05, 0) is 68.7 Å². The van der Waals surface area contributed by atoms with Crippen LogP contribution in [0.1, 0.15) is 53.9 Å². The van der Waals surface area contributed by atoms with Gasteiger partial charge >= 0.3 is 5.63 Å². The number of benzene rings is 1. The minimum absolute atomic E-state index is 0.274. The van der Waals surface area contributed by atoms with Crippen molar-refractivity contribution >= 4 is 16.9 Å². The molecule has 1 aromatic heterocycles. The van der Waals surface area contributed by atoms with Crippen LogP contribution in [0.25, 0.3) is 11.0 Å². The summed E-state index contributed by atoms with van der Waals surface area (Å²) < 4.78 is 4.91. The summed E-state index contributed by atoms with van der Waals surface area (Å²) in [4.78, 5) is 21.5. The Morgan fingerprint density at radius 3 is 2.48 bits per heavy atom. The van der Waals surface area contributed by atoms with Gasteiger partial charge in [-0.3, -0.25) is 4.79 Å². The summed E-state index contributed by atoms with van der Waals surface area (Å²) in [5.41, 5.74) is 10.7. The minimum Gasteiger partial charge on any atom is -0.423 e. The van der Waals surface area contributed by atoms with E-state index in [2.05, 4.69) is 39.8 Å². The maximum absolute atomic E-state index is 10.8. The van der Waals surface area contributed by atoms with E-state index in [0.717, 1.165) is 11.0 Å². The van der Waals surface area contributed by atoms with Gasteiger partial charge in [-0.1, -0.05) is 73.6 Å². The average Bonchev–Trinajstić information content (AvgIpc) is 2.72. The van der Waals surface area contributed by atoms with Crippen molar-refractivity contribution in [2.75, 3.05) is 0 Å². The number of rotatable bonds is 5. The molecule has 0 saturated heterocycles. The van der Waals surface area contributed by atoms with Crippen molar-refractivity contribution < 1.29 is 9.21 Å². The van der Waals surface area contributed by atoms with Gasteiger partial charge in [0.2, 0.25) is 5.91 Å². The fraction of sp³-hybridized carbons (Fsp3) is 0.310. The molecule has 0 aliphatic heterocycles. The Morgan fingerprint density at radius 1 is 1.06 bits per heavy atom. The Morgan fingerprint density at radius 2 is 1.79 bits per heavy atom. The molecule has 1 aliphatic carbocycles. The molecular weight excluding hydrogens is 410 g/mol. The first-order valence-electron chi connectivity index (χ1n) is 11.3. The van der Waals surface area contributed by atoms with E-state index in [4.69, 9.17) is 10.2 Å². The number of hydrogen-bond donors (Lipinski definition) is 1. The van der Waals surface area contributed by atoms with Gasteiger partial charge in [-0.25, -0.2) is 4.79 Å². The lowest BCUT2D eigenvalue weighted by Crippen LogP contribution is -2.19. The minimum atomic E-state index is -0.412. The van der Waals surface area contributed by atoms with Gasteiger partial charge in [0.1, 0.15) is 5.58 Å². The van der Waals surface area contributed by atoms with Gasteiger partial charge in [0.05, 0.1) is 0 Å². The van der Waals surface area contributed by atoms with Gasteiger partial charge in [0, 0.05) is 17.5 Å². The Bertz CT molecular complexity index is 1190. The summed E-state index contributed by atoms with van der Waals surface area (Å²) in [6.45, 7) is 10.8. The first kappa shape index (κ1) is 25.9. The van der Waals surface area contributed by atoms with E-state index in [1.165, 1.54) is 48.1 Å². The van der Waals surface area contributed by atoms with Gasteiger partial charge in [0.15, 0.2) is 0 Å². The van der Waals surface area contributed by atoms with Gasteiger partial charge in [-0.15, -0.1) is 0 Å². The Kier molecular flexibility index (Phi) is 9.41. The van der Waals surface area contributed by atoms with Gasteiger partial charge < -0.3 is 10.2 Å². The lowest BCUT2D eigenvalue weighted by atomic mass is 9.72. The average molecular weight is 446 g/mol. The third-order valence-electron chi connectivity index (χ3n) is 5.67. The van der Waals surface area contributed by atoms with E-state index < -0.39 is 5.91 Å². The van der Waals surface area contributed by atoms with Crippen molar-refractivity contribution in [1.29, 1.82) is 0 Å². The molecule has 0 unspecified atom stereocenters. The number of allylic oxidation sites excluding steroid dienone is 9. The molecule has 4 heteroatoms. The third-order valence-corrected chi connectivity index (χ3v) is 5.67. The number of primary amides is 1. The van der Waals surface area contributed by atoms with E-state index in [1.54, 1.807) is 12.1 Å². The van der Waals surface area contributed by atoms with Crippen LogP contribution >= 0.6 is 0 Å². The number of nitrogens with two attached hydrogens (primary N) is 1. The molecule has 0 radical (unpaired) electrons. The van der Waals surface area contributed by atoms with Crippen LogP contribution in [0.3, 0.4) is 0 Å². The summed E-state index contributed by atoms with van der Waals surface area (Å²) in [6, 6.07) is 10.6.